The molecule has 276 valence electrons. The van der Waals surface area contributed by atoms with E-state index in [1.807, 2.05) is 6.07 Å². The van der Waals surface area contributed by atoms with Crippen LogP contribution in [-0.4, -0.2) is 91.4 Å². The van der Waals surface area contributed by atoms with Gasteiger partial charge < -0.3 is 29.7 Å². The third-order valence-corrected chi connectivity index (χ3v) is 11.5. The van der Waals surface area contributed by atoms with Crippen molar-refractivity contribution in [2.24, 2.45) is 11.3 Å². The Hall–Kier alpha value is -4.66. The van der Waals surface area contributed by atoms with Gasteiger partial charge in [0, 0.05) is 23.9 Å². The number of carbonyl (C=O) groups is 4. The van der Waals surface area contributed by atoms with Crippen LogP contribution in [0.5, 0.6) is 11.6 Å². The Morgan fingerprint density at radius 3 is 2.49 bits per heavy atom. The van der Waals surface area contributed by atoms with E-state index >= 15 is 0 Å². The number of nitrogens with zero attached hydrogens (tertiary/aromatic N) is 2. The fourth-order valence-electron chi connectivity index (χ4n) is 6.37. The summed E-state index contributed by atoms with van der Waals surface area (Å²) in [5, 5.41) is 6.27. The van der Waals surface area contributed by atoms with Crippen LogP contribution < -0.4 is 24.8 Å². The lowest BCUT2D eigenvalue weighted by atomic mass is 9.85. The molecule has 4 amide bonds. The van der Waals surface area contributed by atoms with E-state index in [-0.39, 0.29) is 31.9 Å². The van der Waals surface area contributed by atoms with Crippen molar-refractivity contribution in [2.75, 3.05) is 20.3 Å². The van der Waals surface area contributed by atoms with E-state index in [2.05, 4.69) is 33.5 Å². The summed E-state index contributed by atoms with van der Waals surface area (Å²) in [4.78, 5) is 60.7. The van der Waals surface area contributed by atoms with Crippen molar-refractivity contribution in [1.29, 1.82) is 0 Å². The molecule has 0 bridgehead atoms. The fraction of sp³-hybridized carbons (Fsp3) is 0.528. The van der Waals surface area contributed by atoms with Crippen molar-refractivity contribution < 1.29 is 41.8 Å². The van der Waals surface area contributed by atoms with E-state index in [1.54, 1.807) is 59.2 Å². The van der Waals surface area contributed by atoms with Gasteiger partial charge in [-0.1, -0.05) is 39.8 Å². The zero-order chi connectivity index (χ0) is 37.3. The van der Waals surface area contributed by atoms with Crippen LogP contribution in [0.15, 0.2) is 55.3 Å². The van der Waals surface area contributed by atoms with E-state index in [0.29, 0.717) is 29.6 Å². The molecule has 1 saturated heterocycles. The minimum atomic E-state index is -3.93. The highest BCUT2D eigenvalue weighted by Gasteiger charge is 2.62. The van der Waals surface area contributed by atoms with E-state index in [9.17, 15) is 27.6 Å². The zero-order valence-corrected chi connectivity index (χ0v) is 30.5. The van der Waals surface area contributed by atoms with E-state index in [4.69, 9.17) is 14.2 Å². The molecule has 0 unspecified atom stereocenters. The topological polar surface area (TPSA) is 182 Å². The van der Waals surface area contributed by atoms with Gasteiger partial charge in [-0.25, -0.2) is 18.2 Å². The molecule has 2 saturated carbocycles. The van der Waals surface area contributed by atoms with E-state index in [0.717, 1.165) is 11.8 Å². The molecule has 5 atom stereocenters. The van der Waals surface area contributed by atoms with Gasteiger partial charge in [0.2, 0.25) is 27.7 Å². The number of ether oxygens (including phenoxy) is 3. The van der Waals surface area contributed by atoms with Crippen molar-refractivity contribution >= 4 is 44.6 Å². The molecule has 0 spiro atoms. The second-order valence-corrected chi connectivity index (χ2v) is 16.7. The SMILES string of the molecule is C=C[C@@H]1C[C@]1(NC(=O)[C@@H]1C[C@@H](Oc2nccc3cc(OC)ccc23)CN1C(=O)[C@@H](NC(=O)OCC(=C)C)C(C)(C)C)C(=O)NS(=O)(=O)C1CCC1. The second kappa shape index (κ2) is 14.5. The first-order chi connectivity index (χ1) is 24.0. The van der Waals surface area contributed by atoms with Crippen molar-refractivity contribution in [1.82, 2.24) is 25.2 Å². The van der Waals surface area contributed by atoms with Crippen LogP contribution in [0.3, 0.4) is 0 Å². The number of alkyl carbamates (subject to hydrolysis) is 1. The first-order valence-electron chi connectivity index (χ1n) is 17.0. The normalized spacial score (nSPS) is 23.7. The molecule has 2 aromatic rings. The zero-order valence-electron chi connectivity index (χ0n) is 29.7. The van der Waals surface area contributed by atoms with Crippen LogP contribution >= 0.6 is 0 Å². The highest BCUT2D eigenvalue weighted by Crippen LogP contribution is 2.45. The number of benzene rings is 1. The standard InChI is InChI=1S/C36H47N5O9S/c1-8-23-18-36(23,33(44)40-51(46,47)26-10-9-11-26)39-30(42)28-17-25(50-31-27-13-12-24(48-7)16-22(27)14-15-37-31)19-41(28)32(43)29(35(4,5)6)38-34(45)49-20-21(2)3/h8,12-16,23,25-26,28-29H,1-2,9-11,17-20H2,3-7H3,(H,38,45)(H,39,42)(H,40,44)/t23-,25-,28+,29-,36-/m1/s1. The molecule has 15 heteroatoms. The number of hydrogen-bond acceptors (Lipinski definition) is 10. The number of amides is 4. The number of nitrogens with one attached hydrogen (secondary N) is 3. The number of rotatable bonds is 13. The van der Waals surface area contributed by atoms with Crippen LogP contribution in [0.25, 0.3) is 10.8 Å². The maximum Gasteiger partial charge on any atom is 0.408 e. The number of likely N-dealkylation sites (tertiary alicyclic amines) is 1. The molecule has 14 nitrogen and oxygen atoms in total. The fourth-order valence-corrected chi connectivity index (χ4v) is 7.93. The second-order valence-electron chi connectivity index (χ2n) is 14.7. The summed E-state index contributed by atoms with van der Waals surface area (Å²) in [6.45, 7) is 14.4. The number of carbonyl (C=O) groups excluding carboxylic acids is 4. The van der Waals surface area contributed by atoms with E-state index < -0.39 is 74.1 Å². The Kier molecular flexibility index (Phi) is 10.7. The highest BCUT2D eigenvalue weighted by molar-refractivity contribution is 7.90. The van der Waals surface area contributed by atoms with Crippen LogP contribution in [-0.2, 0) is 29.1 Å². The average Bonchev–Trinajstić information content (AvgIpc) is 3.59. The lowest BCUT2D eigenvalue weighted by Crippen LogP contribution is -2.60. The van der Waals surface area contributed by atoms with Crippen LogP contribution in [0.4, 0.5) is 4.79 Å². The molecule has 51 heavy (non-hydrogen) atoms. The molecule has 1 aliphatic heterocycles. The molecular weight excluding hydrogens is 678 g/mol. The smallest absolute Gasteiger partial charge is 0.408 e. The van der Waals surface area contributed by atoms with Gasteiger partial charge >= 0.3 is 6.09 Å². The predicted octanol–water partition coefficient (Wildman–Crippen LogP) is 3.37. The van der Waals surface area contributed by atoms with Gasteiger partial charge in [-0.15, -0.1) is 6.58 Å². The molecule has 3 aliphatic rings. The largest absolute Gasteiger partial charge is 0.497 e. The Morgan fingerprint density at radius 1 is 1.18 bits per heavy atom. The van der Waals surface area contributed by atoms with Gasteiger partial charge in [0.15, 0.2) is 0 Å². The monoisotopic (exact) mass is 725 g/mol. The lowest BCUT2D eigenvalue weighted by molar-refractivity contribution is -0.142. The van der Waals surface area contributed by atoms with Gasteiger partial charge in [-0.3, -0.25) is 19.1 Å². The van der Waals surface area contributed by atoms with E-state index in [1.165, 1.54) is 11.0 Å². The van der Waals surface area contributed by atoms with Gasteiger partial charge in [-0.05, 0) is 66.8 Å². The van der Waals surface area contributed by atoms with Crippen LogP contribution in [0.2, 0.25) is 0 Å². The number of fused-ring (bicyclic) bond motifs is 1. The summed E-state index contributed by atoms with van der Waals surface area (Å²) >= 11 is 0. The number of sulfonamides is 1. The molecule has 1 aromatic carbocycles. The molecule has 0 radical (unpaired) electrons. The molecule has 3 fully saturated rings. The number of aromatic nitrogens is 1. The Labute approximate surface area is 298 Å². The van der Waals surface area contributed by atoms with Crippen molar-refractivity contribution in [2.45, 2.75) is 88.8 Å². The van der Waals surface area contributed by atoms with Gasteiger partial charge in [0.25, 0.3) is 5.91 Å². The molecule has 3 N–H and O–H groups in total. The quantitative estimate of drug-likeness (QED) is 0.259. The summed E-state index contributed by atoms with van der Waals surface area (Å²) in [5.74, 6) is -1.69. The molecular formula is C36H47N5O9S. The third-order valence-electron chi connectivity index (χ3n) is 9.66. The third kappa shape index (κ3) is 8.13. The van der Waals surface area contributed by atoms with Crippen molar-refractivity contribution in [3.8, 4) is 11.6 Å². The predicted molar refractivity (Wildman–Crippen MR) is 189 cm³/mol. The Bertz CT molecular complexity index is 1840. The van der Waals surface area contributed by atoms with Crippen LogP contribution in [0.1, 0.15) is 59.8 Å². The summed E-state index contributed by atoms with van der Waals surface area (Å²) < 4.78 is 44.8. The Balaban J connectivity index is 1.43. The summed E-state index contributed by atoms with van der Waals surface area (Å²) in [5.41, 5.74) is -1.78. The van der Waals surface area contributed by atoms with Crippen LogP contribution in [0, 0.1) is 11.3 Å². The average molecular weight is 726 g/mol. The minimum absolute atomic E-state index is 0.0135. The summed E-state index contributed by atoms with van der Waals surface area (Å²) in [6, 6.07) is 4.93. The molecule has 5 rings (SSSR count). The van der Waals surface area contributed by atoms with Gasteiger partial charge in [0.05, 0.1) is 18.9 Å². The Morgan fingerprint density at radius 2 is 1.90 bits per heavy atom. The number of methoxy groups -OCH3 is 1. The van der Waals surface area contributed by atoms with Gasteiger partial charge in [0.1, 0.15) is 36.1 Å². The highest BCUT2D eigenvalue weighted by atomic mass is 32.2. The first kappa shape index (κ1) is 37.6. The van der Waals surface area contributed by atoms with Crippen molar-refractivity contribution in [3.05, 3.63) is 55.3 Å². The first-order valence-corrected chi connectivity index (χ1v) is 18.5. The minimum Gasteiger partial charge on any atom is -0.497 e. The summed E-state index contributed by atoms with van der Waals surface area (Å²) in [6.07, 6.45) is 3.34. The summed E-state index contributed by atoms with van der Waals surface area (Å²) in [7, 11) is -2.37. The lowest BCUT2D eigenvalue weighted by Gasteiger charge is -2.35. The maximum atomic E-state index is 14.4. The van der Waals surface area contributed by atoms with Gasteiger partial charge in [-0.2, -0.15) is 0 Å². The molecule has 2 aliphatic carbocycles. The molecule has 2 heterocycles. The number of hydrogen-bond donors (Lipinski definition) is 3. The maximum absolute atomic E-state index is 14.4. The van der Waals surface area contributed by atoms with Crippen molar-refractivity contribution in [3.63, 3.8) is 0 Å². The number of pyridine rings is 1. The molecule has 1 aromatic heterocycles.